The summed E-state index contributed by atoms with van der Waals surface area (Å²) in [6.07, 6.45) is -0.917. The molecule has 31 heavy (non-hydrogen) atoms. The third-order valence-corrected chi connectivity index (χ3v) is 5.40. The van der Waals surface area contributed by atoms with E-state index in [1.807, 2.05) is 54.6 Å². The van der Waals surface area contributed by atoms with Gasteiger partial charge in [0.25, 0.3) is 5.91 Å². The molecule has 6 nitrogen and oxygen atoms in total. The van der Waals surface area contributed by atoms with Gasteiger partial charge in [0.1, 0.15) is 0 Å². The maximum absolute atomic E-state index is 12.6. The summed E-state index contributed by atoms with van der Waals surface area (Å²) in [5.41, 5.74) is 2.24. The fourth-order valence-electron chi connectivity index (χ4n) is 3.61. The zero-order valence-electron chi connectivity index (χ0n) is 17.5. The molecule has 0 bridgehead atoms. The van der Waals surface area contributed by atoms with Crippen LogP contribution < -0.4 is 5.32 Å². The average molecular weight is 418 g/mol. The Morgan fingerprint density at radius 2 is 1.71 bits per heavy atom. The molecule has 0 aromatic heterocycles. The summed E-state index contributed by atoms with van der Waals surface area (Å²) in [7, 11) is 0. The van der Waals surface area contributed by atoms with Crippen molar-refractivity contribution in [3.05, 3.63) is 77.9 Å². The van der Waals surface area contributed by atoms with Crippen LogP contribution in [0.1, 0.15) is 22.8 Å². The highest BCUT2D eigenvalue weighted by Gasteiger charge is 2.20. The predicted octanol–water partition coefficient (Wildman–Crippen LogP) is 3.86. The van der Waals surface area contributed by atoms with Crippen LogP contribution in [0.4, 0.5) is 5.69 Å². The third-order valence-electron chi connectivity index (χ3n) is 5.40. The number of amides is 1. The summed E-state index contributed by atoms with van der Waals surface area (Å²) in [6, 6.07) is 20.8. The van der Waals surface area contributed by atoms with Crippen molar-refractivity contribution in [3.8, 4) is 0 Å². The second-order valence-corrected chi connectivity index (χ2v) is 7.65. The summed E-state index contributed by atoms with van der Waals surface area (Å²) in [4.78, 5) is 27.4. The monoisotopic (exact) mass is 418 g/mol. The van der Waals surface area contributed by atoms with Gasteiger partial charge in [-0.15, -0.1) is 0 Å². The Morgan fingerprint density at radius 1 is 1.00 bits per heavy atom. The number of morpholine rings is 1. The lowest BCUT2D eigenvalue weighted by molar-refractivity contribution is -0.123. The molecule has 1 aliphatic heterocycles. The quantitative estimate of drug-likeness (QED) is 0.616. The largest absolute Gasteiger partial charge is 0.449 e. The van der Waals surface area contributed by atoms with Gasteiger partial charge in [-0.25, -0.2) is 4.79 Å². The van der Waals surface area contributed by atoms with Crippen LogP contribution in [0.25, 0.3) is 10.8 Å². The number of ether oxygens (including phenoxy) is 2. The van der Waals surface area contributed by atoms with Crippen molar-refractivity contribution in [3.63, 3.8) is 0 Å². The first-order valence-corrected chi connectivity index (χ1v) is 10.5. The maximum atomic E-state index is 12.6. The van der Waals surface area contributed by atoms with E-state index in [-0.39, 0.29) is 5.91 Å². The first-order chi connectivity index (χ1) is 15.1. The summed E-state index contributed by atoms with van der Waals surface area (Å²) < 4.78 is 10.8. The zero-order valence-corrected chi connectivity index (χ0v) is 17.5. The van der Waals surface area contributed by atoms with Crippen LogP contribution in [0.2, 0.25) is 0 Å². The number of fused-ring (bicyclic) bond motifs is 1. The number of rotatable bonds is 6. The molecule has 1 fully saturated rings. The second-order valence-electron chi connectivity index (χ2n) is 7.65. The first kappa shape index (κ1) is 21.0. The van der Waals surface area contributed by atoms with Crippen LogP contribution >= 0.6 is 0 Å². The Bertz CT molecular complexity index is 1050. The van der Waals surface area contributed by atoms with Crippen molar-refractivity contribution < 1.29 is 19.1 Å². The molecule has 0 aliphatic carbocycles. The van der Waals surface area contributed by atoms with Crippen LogP contribution in [0.5, 0.6) is 0 Å². The molecule has 1 amide bonds. The lowest BCUT2D eigenvalue weighted by atomic mass is 10.1. The van der Waals surface area contributed by atoms with Gasteiger partial charge in [0.05, 0.1) is 18.8 Å². The number of nitrogens with zero attached hydrogens (tertiary/aromatic N) is 1. The van der Waals surface area contributed by atoms with Crippen molar-refractivity contribution in [1.29, 1.82) is 0 Å². The van der Waals surface area contributed by atoms with Crippen molar-refractivity contribution in [2.45, 2.75) is 19.6 Å². The fourth-order valence-corrected chi connectivity index (χ4v) is 3.61. The minimum absolute atomic E-state index is 0.367. The highest BCUT2D eigenvalue weighted by atomic mass is 16.5. The van der Waals surface area contributed by atoms with Crippen molar-refractivity contribution in [2.75, 3.05) is 31.6 Å². The molecular formula is C25H26N2O4. The molecule has 3 aromatic carbocycles. The van der Waals surface area contributed by atoms with E-state index in [2.05, 4.69) is 10.2 Å². The molecule has 1 heterocycles. The van der Waals surface area contributed by atoms with Gasteiger partial charge in [-0.3, -0.25) is 9.69 Å². The summed E-state index contributed by atoms with van der Waals surface area (Å²) in [5.74, 6) is -0.882. The van der Waals surface area contributed by atoms with Gasteiger partial charge in [-0.2, -0.15) is 0 Å². The molecule has 160 valence electrons. The van der Waals surface area contributed by atoms with E-state index < -0.39 is 12.1 Å². The van der Waals surface area contributed by atoms with Gasteiger partial charge in [0, 0.05) is 30.7 Å². The van der Waals surface area contributed by atoms with E-state index in [1.165, 1.54) is 0 Å². The summed E-state index contributed by atoms with van der Waals surface area (Å²) >= 11 is 0. The first-order valence-electron chi connectivity index (χ1n) is 10.5. The smallest absolute Gasteiger partial charge is 0.338 e. The van der Waals surface area contributed by atoms with Crippen molar-refractivity contribution >= 4 is 28.3 Å². The van der Waals surface area contributed by atoms with Crippen LogP contribution in [0.3, 0.4) is 0 Å². The fraction of sp³-hybridized carbons (Fsp3) is 0.280. The van der Waals surface area contributed by atoms with Gasteiger partial charge >= 0.3 is 5.97 Å². The topological polar surface area (TPSA) is 67.9 Å². The molecule has 6 heteroatoms. The Labute approximate surface area is 181 Å². The van der Waals surface area contributed by atoms with Crippen LogP contribution in [-0.4, -0.2) is 49.2 Å². The molecule has 1 saturated heterocycles. The lowest BCUT2D eigenvalue weighted by Gasteiger charge is -2.26. The summed E-state index contributed by atoms with van der Waals surface area (Å²) in [6.45, 7) is 5.72. The standard InChI is InChI=1S/C25H26N2O4/c1-18(24(28)26-23-8-4-6-20-5-2-3-7-22(20)23)31-25(29)21-11-9-19(10-12-21)17-27-13-15-30-16-14-27/h2-12,18H,13-17H2,1H3,(H,26,28)/t18-/m1/s1. The van der Waals surface area contributed by atoms with Gasteiger partial charge in [0.2, 0.25) is 0 Å². The van der Waals surface area contributed by atoms with Crippen LogP contribution in [0.15, 0.2) is 66.7 Å². The number of anilines is 1. The normalized spacial score (nSPS) is 15.4. The number of carbonyl (C=O) groups is 2. The van der Waals surface area contributed by atoms with Crippen LogP contribution in [0, 0.1) is 0 Å². The third kappa shape index (κ3) is 5.29. The van der Waals surface area contributed by atoms with Gasteiger partial charge in [-0.1, -0.05) is 48.5 Å². The van der Waals surface area contributed by atoms with E-state index in [4.69, 9.17) is 9.47 Å². The molecule has 0 spiro atoms. The summed E-state index contributed by atoms with van der Waals surface area (Å²) in [5, 5.41) is 4.83. The Morgan fingerprint density at radius 3 is 2.48 bits per heavy atom. The number of nitrogens with one attached hydrogen (secondary N) is 1. The maximum Gasteiger partial charge on any atom is 0.338 e. The van der Waals surface area contributed by atoms with E-state index in [9.17, 15) is 9.59 Å². The molecule has 1 aliphatic rings. The predicted molar refractivity (Wildman–Crippen MR) is 120 cm³/mol. The lowest BCUT2D eigenvalue weighted by Crippen LogP contribution is -2.35. The molecule has 4 rings (SSSR count). The number of carbonyl (C=O) groups excluding carboxylic acids is 2. The molecule has 0 unspecified atom stereocenters. The van der Waals surface area contributed by atoms with Crippen molar-refractivity contribution in [2.24, 2.45) is 0 Å². The number of hydrogen-bond donors (Lipinski definition) is 1. The zero-order chi connectivity index (χ0) is 21.6. The molecule has 0 saturated carbocycles. The minimum atomic E-state index is -0.917. The average Bonchev–Trinajstić information content (AvgIpc) is 2.80. The molecule has 1 atom stereocenters. The van der Waals surface area contributed by atoms with E-state index in [0.717, 1.165) is 49.2 Å². The van der Waals surface area contributed by atoms with E-state index in [0.29, 0.717) is 11.3 Å². The van der Waals surface area contributed by atoms with Gasteiger partial charge in [0.15, 0.2) is 6.10 Å². The molecular weight excluding hydrogens is 392 g/mol. The molecule has 1 N–H and O–H groups in total. The number of esters is 1. The highest BCUT2D eigenvalue weighted by Crippen LogP contribution is 2.23. The Hall–Kier alpha value is -3.22. The van der Waals surface area contributed by atoms with Crippen LogP contribution in [-0.2, 0) is 20.8 Å². The second kappa shape index (κ2) is 9.73. The molecule has 0 radical (unpaired) electrons. The Balaban J connectivity index is 1.34. The SMILES string of the molecule is C[C@@H](OC(=O)c1ccc(CN2CCOCC2)cc1)C(=O)Nc1cccc2ccccc12. The Kier molecular flexibility index (Phi) is 6.60. The minimum Gasteiger partial charge on any atom is -0.449 e. The van der Waals surface area contributed by atoms with E-state index >= 15 is 0 Å². The number of hydrogen-bond acceptors (Lipinski definition) is 5. The number of benzene rings is 3. The molecule has 3 aromatic rings. The van der Waals surface area contributed by atoms with Gasteiger partial charge < -0.3 is 14.8 Å². The highest BCUT2D eigenvalue weighted by molar-refractivity contribution is 6.04. The van der Waals surface area contributed by atoms with Gasteiger partial charge in [-0.05, 0) is 36.1 Å². The van der Waals surface area contributed by atoms with Crippen molar-refractivity contribution in [1.82, 2.24) is 4.90 Å². The van der Waals surface area contributed by atoms with E-state index in [1.54, 1.807) is 19.1 Å².